The van der Waals surface area contributed by atoms with E-state index in [1.54, 1.807) is 37.3 Å². The van der Waals surface area contributed by atoms with Crippen LogP contribution in [0.3, 0.4) is 0 Å². The zero-order valence-corrected chi connectivity index (χ0v) is 33.0. The molecule has 0 aliphatic rings. The molecule has 0 aliphatic carbocycles. The van der Waals surface area contributed by atoms with Crippen molar-refractivity contribution in [2.45, 2.75) is 23.6 Å². The molecule has 250 valence electrons. The fourth-order valence-corrected chi connectivity index (χ4v) is 5.94. The first-order valence-corrected chi connectivity index (χ1v) is 16.6. The quantitative estimate of drug-likeness (QED) is 0.0548. The van der Waals surface area contributed by atoms with E-state index >= 15 is 0 Å². The van der Waals surface area contributed by atoms with Gasteiger partial charge in [0, 0.05) is 16.8 Å². The van der Waals surface area contributed by atoms with Gasteiger partial charge in [0.25, 0.3) is 5.69 Å². The van der Waals surface area contributed by atoms with Gasteiger partial charge in [-0.15, -0.1) is 15.3 Å². The number of nitrogen functional groups attached to an aromatic ring is 2. The molecule has 0 fully saturated rings. The van der Waals surface area contributed by atoms with E-state index < -0.39 is 35.0 Å². The molecule has 0 heterocycles. The number of benzene rings is 5. The maximum Gasteiger partial charge on any atom is 1.00 e. The number of fused-ring (bicyclic) bond motifs is 1. The topological polar surface area (TPSA) is 284 Å². The Morgan fingerprint density at radius 1 is 0.588 bits per heavy atom. The van der Waals surface area contributed by atoms with Crippen LogP contribution in [0.1, 0.15) is 11.1 Å². The van der Waals surface area contributed by atoms with Crippen LogP contribution in [0.5, 0.6) is 0 Å². The van der Waals surface area contributed by atoms with Crippen LogP contribution in [-0.2, 0) is 20.2 Å². The van der Waals surface area contributed by atoms with Crippen molar-refractivity contribution in [1.82, 2.24) is 0 Å². The van der Waals surface area contributed by atoms with Crippen molar-refractivity contribution < 1.29 is 90.0 Å². The van der Waals surface area contributed by atoms with Crippen molar-refractivity contribution in [2.24, 2.45) is 30.7 Å². The molecule has 5 aromatic rings. The van der Waals surface area contributed by atoms with E-state index in [1.807, 2.05) is 6.92 Å². The van der Waals surface area contributed by atoms with Crippen LogP contribution < -0.4 is 70.6 Å². The fourth-order valence-electron chi connectivity index (χ4n) is 4.55. The molecule has 0 atom stereocenters. The van der Waals surface area contributed by atoms with Gasteiger partial charge in [-0.2, -0.15) is 15.3 Å². The van der Waals surface area contributed by atoms with Gasteiger partial charge in [0.1, 0.15) is 43.0 Å². The molecule has 0 amide bonds. The molecule has 0 spiro atoms. The first-order valence-electron chi connectivity index (χ1n) is 13.8. The molecule has 5 rings (SSSR count). The number of nitrogens with zero attached hydrogens (tertiary/aromatic N) is 7. The predicted molar refractivity (Wildman–Crippen MR) is 177 cm³/mol. The Balaban J connectivity index is 0.00000351. The molecule has 0 saturated heterocycles. The largest absolute Gasteiger partial charge is 1.00 e. The van der Waals surface area contributed by atoms with Gasteiger partial charge in [-0.25, -0.2) is 16.8 Å². The smallest absolute Gasteiger partial charge is 0.744 e. The average molecular weight is 748 g/mol. The first kappa shape index (κ1) is 41.4. The van der Waals surface area contributed by atoms with E-state index in [9.17, 15) is 36.1 Å². The average Bonchev–Trinajstić information content (AvgIpc) is 3.02. The van der Waals surface area contributed by atoms with Gasteiger partial charge in [0.05, 0.1) is 37.5 Å². The zero-order chi connectivity index (χ0) is 35.7. The van der Waals surface area contributed by atoms with Gasteiger partial charge >= 0.3 is 59.1 Å². The Hall–Kier alpha value is -4.02. The zero-order valence-electron chi connectivity index (χ0n) is 27.4. The minimum absolute atomic E-state index is 0. The Morgan fingerprint density at radius 3 is 1.88 bits per heavy atom. The monoisotopic (exact) mass is 747 g/mol. The first-order chi connectivity index (χ1) is 23.0. The van der Waals surface area contributed by atoms with Gasteiger partial charge in [-0.3, -0.25) is 10.1 Å². The molecular formula is C30H23N9Na2O8S2. The predicted octanol–water partition coefficient (Wildman–Crippen LogP) is 1.59. The second-order valence-electron chi connectivity index (χ2n) is 10.5. The van der Waals surface area contributed by atoms with Crippen LogP contribution in [0.2, 0.25) is 0 Å². The number of rotatable bonds is 9. The van der Waals surface area contributed by atoms with Crippen LogP contribution >= 0.6 is 0 Å². The summed E-state index contributed by atoms with van der Waals surface area (Å²) in [6.07, 6.45) is 0. The molecule has 0 unspecified atom stereocenters. The summed E-state index contributed by atoms with van der Waals surface area (Å²) in [4.78, 5) is 9.12. The molecule has 0 saturated carbocycles. The summed E-state index contributed by atoms with van der Waals surface area (Å²) in [6, 6.07) is 17.6. The number of aryl methyl sites for hydroxylation is 2. The second kappa shape index (κ2) is 16.5. The van der Waals surface area contributed by atoms with Gasteiger partial charge in [0.15, 0.2) is 0 Å². The maximum atomic E-state index is 12.0. The minimum Gasteiger partial charge on any atom is -0.744 e. The van der Waals surface area contributed by atoms with Crippen molar-refractivity contribution in [3.63, 3.8) is 0 Å². The molecule has 5 aromatic carbocycles. The second-order valence-corrected chi connectivity index (χ2v) is 13.2. The summed E-state index contributed by atoms with van der Waals surface area (Å²) >= 11 is 0. The van der Waals surface area contributed by atoms with Crippen LogP contribution in [0.15, 0.2) is 119 Å². The Bertz CT molecular complexity index is 2500. The summed E-state index contributed by atoms with van der Waals surface area (Å²) in [5.74, 6) is 0. The number of nitrogens with two attached hydrogens (primary N) is 2. The number of hydrogen-bond acceptors (Lipinski definition) is 16. The van der Waals surface area contributed by atoms with Crippen LogP contribution in [-0.4, -0.2) is 30.9 Å². The van der Waals surface area contributed by atoms with E-state index in [4.69, 9.17) is 11.5 Å². The molecule has 4 N–H and O–H groups in total. The van der Waals surface area contributed by atoms with Gasteiger partial charge in [-0.05, 0) is 73.5 Å². The summed E-state index contributed by atoms with van der Waals surface area (Å²) < 4.78 is 71.6. The van der Waals surface area contributed by atoms with E-state index in [2.05, 4.69) is 30.7 Å². The minimum atomic E-state index is -5.11. The Kier molecular flexibility index (Phi) is 13.4. The van der Waals surface area contributed by atoms with Gasteiger partial charge in [-0.1, -0.05) is 24.3 Å². The van der Waals surface area contributed by atoms with E-state index in [0.29, 0.717) is 16.9 Å². The van der Waals surface area contributed by atoms with Crippen molar-refractivity contribution in [3.05, 3.63) is 100 Å². The van der Waals surface area contributed by atoms with Crippen molar-refractivity contribution in [2.75, 3.05) is 11.5 Å². The van der Waals surface area contributed by atoms with Crippen LogP contribution in [0, 0.1) is 24.0 Å². The summed E-state index contributed by atoms with van der Waals surface area (Å²) in [6.45, 7) is 3.52. The molecule has 0 radical (unpaired) electrons. The molecular weight excluding hydrogens is 724 g/mol. The van der Waals surface area contributed by atoms with Crippen molar-refractivity contribution in [1.29, 1.82) is 0 Å². The van der Waals surface area contributed by atoms with Gasteiger partial charge < -0.3 is 20.6 Å². The Labute approximate surface area is 335 Å². The summed E-state index contributed by atoms with van der Waals surface area (Å²) in [5, 5.41) is 35.6. The Morgan fingerprint density at radius 2 is 1.22 bits per heavy atom. The van der Waals surface area contributed by atoms with E-state index in [1.165, 1.54) is 18.2 Å². The number of hydrogen-bond donors (Lipinski definition) is 2. The SMILES string of the molecule is Cc1ccc(N=Nc2cc([N+](=O)[O-])c(N)cc2N)c(N=Nc2ccc(C)c(N=Nc3cc(S(=O)(=O)[O-])c4cccc(S(=O)(=O)[O-])c4c3)c2)c1.[Na+].[Na+]. The third-order valence-electron chi connectivity index (χ3n) is 6.95. The number of nitro groups is 1. The standard InChI is InChI=1S/C30H25N9O8S2.2Na/c1-16-6-9-24(35-37-26-15-28(39(40)41)23(32)14-22(26)31)27(10-16)38-33-18-8-7-17(2)25(12-18)36-34-19-11-21-20(30(13-19)49(45,46)47)4-3-5-29(21)48(42,43)44;;/h3-15H,31-32H2,1-2H3,(H,42,43,44)(H,45,46,47);;/q;2*+1/p-2. The molecule has 0 aliphatic heterocycles. The number of azo groups is 3. The molecule has 17 nitrogen and oxygen atoms in total. The fraction of sp³-hybridized carbons (Fsp3) is 0.0667. The molecule has 0 aromatic heterocycles. The maximum absolute atomic E-state index is 12.0. The van der Waals surface area contributed by atoms with Crippen molar-refractivity contribution in [3.8, 4) is 0 Å². The van der Waals surface area contributed by atoms with Crippen LogP contribution in [0.4, 0.5) is 51.2 Å². The van der Waals surface area contributed by atoms with Crippen molar-refractivity contribution >= 4 is 82.2 Å². The normalized spacial score (nSPS) is 12.0. The summed E-state index contributed by atoms with van der Waals surface area (Å²) in [5.41, 5.74) is 13.5. The van der Waals surface area contributed by atoms with E-state index in [0.717, 1.165) is 35.9 Å². The molecule has 21 heteroatoms. The number of nitro benzene ring substituents is 1. The molecule has 0 bridgehead atoms. The number of anilines is 2. The summed E-state index contributed by atoms with van der Waals surface area (Å²) in [7, 11) is -10.1. The molecule has 51 heavy (non-hydrogen) atoms. The third-order valence-corrected chi connectivity index (χ3v) is 8.72. The van der Waals surface area contributed by atoms with E-state index in [-0.39, 0.29) is 110 Å². The van der Waals surface area contributed by atoms with Gasteiger partial charge in [0.2, 0.25) is 0 Å². The van der Waals surface area contributed by atoms with Crippen LogP contribution in [0.25, 0.3) is 10.8 Å². The third kappa shape index (κ3) is 9.86.